The molecule has 0 spiro atoms. The summed E-state index contributed by atoms with van der Waals surface area (Å²) >= 11 is 11.3. The minimum absolute atomic E-state index is 0.0712. The first kappa shape index (κ1) is 16.7. The molecule has 1 atom stereocenters. The van der Waals surface area contributed by atoms with Gasteiger partial charge in [-0.15, -0.1) is 11.8 Å². The summed E-state index contributed by atoms with van der Waals surface area (Å²) in [5.74, 6) is 1.27. The molecule has 0 N–H and O–H groups in total. The molecule has 2 aromatic rings. The van der Waals surface area contributed by atoms with Crippen LogP contribution in [0, 0.1) is 6.92 Å². The largest absolute Gasteiger partial charge is 0.496 e. The number of benzene rings is 2. The minimum atomic E-state index is -0.131. The first-order valence-electron chi connectivity index (χ1n) is 7.04. The van der Waals surface area contributed by atoms with Gasteiger partial charge in [-0.1, -0.05) is 33.6 Å². The molecule has 3 nitrogen and oxygen atoms in total. The Morgan fingerprint density at radius 2 is 2.09 bits per heavy atom. The summed E-state index contributed by atoms with van der Waals surface area (Å²) in [7, 11) is 1.64. The number of anilines is 1. The van der Waals surface area contributed by atoms with Crippen molar-refractivity contribution in [3.63, 3.8) is 0 Å². The van der Waals surface area contributed by atoms with Crippen molar-refractivity contribution < 1.29 is 9.53 Å². The van der Waals surface area contributed by atoms with Crippen LogP contribution >= 0.6 is 39.3 Å². The van der Waals surface area contributed by atoms with Gasteiger partial charge in [-0.2, -0.15) is 0 Å². The van der Waals surface area contributed by atoms with Crippen molar-refractivity contribution in [2.45, 2.75) is 12.3 Å². The van der Waals surface area contributed by atoms with Crippen LogP contribution in [0.15, 0.2) is 40.9 Å². The standard InChI is InChI=1S/C17H15BrClNO2S/c1-10-3-5-12(8-14(10)19)20-16(21)9-23-17(20)13-7-11(18)4-6-15(13)22-2/h3-8,17H,9H2,1-2H3/t17-/m0/s1. The van der Waals surface area contributed by atoms with Gasteiger partial charge in [0.15, 0.2) is 0 Å². The number of amides is 1. The first-order valence-corrected chi connectivity index (χ1v) is 9.26. The van der Waals surface area contributed by atoms with Gasteiger partial charge in [0, 0.05) is 20.7 Å². The van der Waals surface area contributed by atoms with E-state index in [0.717, 1.165) is 27.0 Å². The second-order valence-electron chi connectivity index (χ2n) is 5.25. The van der Waals surface area contributed by atoms with Gasteiger partial charge < -0.3 is 4.74 Å². The number of ether oxygens (including phenoxy) is 1. The van der Waals surface area contributed by atoms with Crippen molar-refractivity contribution in [2.24, 2.45) is 0 Å². The van der Waals surface area contributed by atoms with Gasteiger partial charge in [0.2, 0.25) is 5.91 Å². The van der Waals surface area contributed by atoms with Crippen molar-refractivity contribution in [1.29, 1.82) is 0 Å². The normalized spacial score (nSPS) is 17.7. The molecule has 1 amide bonds. The molecule has 23 heavy (non-hydrogen) atoms. The quantitative estimate of drug-likeness (QED) is 0.694. The summed E-state index contributed by atoms with van der Waals surface area (Å²) in [5, 5.41) is 0.529. The van der Waals surface area contributed by atoms with Crippen molar-refractivity contribution >= 4 is 50.9 Å². The van der Waals surface area contributed by atoms with E-state index in [4.69, 9.17) is 16.3 Å². The van der Waals surface area contributed by atoms with Gasteiger partial charge in [-0.25, -0.2) is 0 Å². The lowest BCUT2D eigenvalue weighted by molar-refractivity contribution is -0.115. The van der Waals surface area contributed by atoms with Crippen LogP contribution in [0.25, 0.3) is 0 Å². The number of rotatable bonds is 3. The Hall–Kier alpha value is -1.17. The van der Waals surface area contributed by atoms with Crippen molar-refractivity contribution in [1.82, 2.24) is 0 Å². The number of methoxy groups -OCH3 is 1. The van der Waals surface area contributed by atoms with E-state index in [9.17, 15) is 4.79 Å². The molecule has 1 heterocycles. The molecule has 0 unspecified atom stereocenters. The van der Waals surface area contributed by atoms with Gasteiger partial charge in [-0.3, -0.25) is 9.69 Å². The monoisotopic (exact) mass is 411 g/mol. The number of nitrogens with zero attached hydrogens (tertiary/aromatic N) is 1. The number of aryl methyl sites for hydroxylation is 1. The molecule has 0 aliphatic carbocycles. The Bertz CT molecular complexity index is 768. The Morgan fingerprint density at radius 3 is 2.78 bits per heavy atom. The molecule has 2 aromatic carbocycles. The van der Waals surface area contributed by atoms with Gasteiger partial charge in [-0.05, 0) is 42.8 Å². The Balaban J connectivity index is 2.06. The van der Waals surface area contributed by atoms with E-state index in [1.807, 2.05) is 43.3 Å². The third-order valence-corrected chi connectivity index (χ3v) is 5.85. The zero-order valence-corrected chi connectivity index (χ0v) is 15.8. The predicted octanol–water partition coefficient (Wildman–Crippen LogP) is 5.20. The lowest BCUT2D eigenvalue weighted by Crippen LogP contribution is -2.28. The summed E-state index contributed by atoms with van der Waals surface area (Å²) in [5.41, 5.74) is 2.77. The smallest absolute Gasteiger partial charge is 0.238 e. The summed E-state index contributed by atoms with van der Waals surface area (Å²) in [6.45, 7) is 1.95. The van der Waals surface area contributed by atoms with Crippen LogP contribution in [0.2, 0.25) is 5.02 Å². The Morgan fingerprint density at radius 1 is 1.30 bits per heavy atom. The molecule has 0 saturated carbocycles. The van der Waals surface area contributed by atoms with Gasteiger partial charge in [0.1, 0.15) is 11.1 Å². The SMILES string of the molecule is COc1ccc(Br)cc1[C@@H]1SCC(=O)N1c1ccc(C)c(Cl)c1. The fourth-order valence-corrected chi connectivity index (χ4v) is 4.31. The van der Waals surface area contributed by atoms with Crippen molar-refractivity contribution in [2.75, 3.05) is 17.8 Å². The van der Waals surface area contributed by atoms with Crippen LogP contribution in [-0.4, -0.2) is 18.8 Å². The second-order valence-corrected chi connectivity index (χ2v) is 7.64. The highest BCUT2D eigenvalue weighted by atomic mass is 79.9. The van der Waals surface area contributed by atoms with E-state index >= 15 is 0 Å². The van der Waals surface area contributed by atoms with E-state index in [1.165, 1.54) is 0 Å². The number of thioether (sulfide) groups is 1. The maximum atomic E-state index is 12.4. The molecule has 0 bridgehead atoms. The molecule has 0 aromatic heterocycles. The fourth-order valence-electron chi connectivity index (χ4n) is 2.56. The third-order valence-electron chi connectivity index (χ3n) is 3.76. The van der Waals surface area contributed by atoms with Crippen LogP contribution in [-0.2, 0) is 4.79 Å². The number of carbonyl (C=O) groups excluding carboxylic acids is 1. The molecule has 1 fully saturated rings. The zero-order chi connectivity index (χ0) is 16.6. The van der Waals surface area contributed by atoms with Gasteiger partial charge in [0.25, 0.3) is 0 Å². The van der Waals surface area contributed by atoms with E-state index in [2.05, 4.69) is 15.9 Å². The Labute approximate surface area is 153 Å². The topological polar surface area (TPSA) is 29.5 Å². The molecule has 1 saturated heterocycles. The first-order chi connectivity index (χ1) is 11.0. The highest BCUT2D eigenvalue weighted by molar-refractivity contribution is 9.10. The van der Waals surface area contributed by atoms with Crippen LogP contribution in [0.1, 0.15) is 16.5 Å². The van der Waals surface area contributed by atoms with Crippen molar-refractivity contribution in [3.8, 4) is 5.75 Å². The molecular weight excluding hydrogens is 398 g/mol. The minimum Gasteiger partial charge on any atom is -0.496 e. The summed E-state index contributed by atoms with van der Waals surface area (Å²) < 4.78 is 6.43. The average Bonchev–Trinajstić information content (AvgIpc) is 2.91. The van der Waals surface area contributed by atoms with E-state index < -0.39 is 0 Å². The van der Waals surface area contributed by atoms with Crippen LogP contribution in [0.5, 0.6) is 5.75 Å². The summed E-state index contributed by atoms with van der Waals surface area (Å²) in [6.07, 6.45) is 0. The van der Waals surface area contributed by atoms with E-state index in [1.54, 1.807) is 23.8 Å². The Kier molecular flexibility index (Phi) is 4.90. The third kappa shape index (κ3) is 3.23. The van der Waals surface area contributed by atoms with Crippen LogP contribution in [0.4, 0.5) is 5.69 Å². The lowest BCUT2D eigenvalue weighted by Gasteiger charge is -2.26. The predicted molar refractivity (Wildman–Crippen MR) is 99.6 cm³/mol. The van der Waals surface area contributed by atoms with E-state index in [0.29, 0.717) is 10.8 Å². The second kappa shape index (κ2) is 6.75. The highest BCUT2D eigenvalue weighted by Gasteiger charge is 2.36. The number of carbonyl (C=O) groups is 1. The average molecular weight is 413 g/mol. The number of hydrogen-bond acceptors (Lipinski definition) is 3. The van der Waals surface area contributed by atoms with Gasteiger partial charge >= 0.3 is 0 Å². The summed E-state index contributed by atoms with van der Waals surface area (Å²) in [6, 6.07) is 11.5. The molecule has 6 heteroatoms. The van der Waals surface area contributed by atoms with Crippen LogP contribution < -0.4 is 9.64 Å². The molecule has 3 rings (SSSR count). The van der Waals surface area contributed by atoms with Crippen molar-refractivity contribution in [3.05, 3.63) is 57.0 Å². The van der Waals surface area contributed by atoms with Crippen LogP contribution in [0.3, 0.4) is 0 Å². The maximum absolute atomic E-state index is 12.4. The molecule has 1 aliphatic rings. The lowest BCUT2D eigenvalue weighted by atomic mass is 10.1. The zero-order valence-electron chi connectivity index (χ0n) is 12.7. The number of hydrogen-bond donors (Lipinski definition) is 0. The highest BCUT2D eigenvalue weighted by Crippen LogP contribution is 2.46. The molecule has 0 radical (unpaired) electrons. The van der Waals surface area contributed by atoms with E-state index in [-0.39, 0.29) is 11.3 Å². The number of halogens is 2. The maximum Gasteiger partial charge on any atom is 0.238 e. The molecule has 1 aliphatic heterocycles. The van der Waals surface area contributed by atoms with Gasteiger partial charge in [0.05, 0.1) is 12.9 Å². The summed E-state index contributed by atoms with van der Waals surface area (Å²) in [4.78, 5) is 14.2. The molecular formula is C17H15BrClNO2S. The fraction of sp³-hybridized carbons (Fsp3) is 0.235. The molecule has 120 valence electrons.